The number of hydrogen-bond donors (Lipinski definition) is 3. The van der Waals surface area contributed by atoms with Gasteiger partial charge >= 0.3 is 0 Å². The van der Waals surface area contributed by atoms with Gasteiger partial charge < -0.3 is 15.5 Å². The molecule has 3 N–H and O–H groups in total. The van der Waals surface area contributed by atoms with E-state index in [9.17, 15) is 15.0 Å². The Bertz CT molecular complexity index is 801. The second-order valence-corrected chi connectivity index (χ2v) is 4.87. The molecule has 0 aliphatic rings. The molecule has 0 bridgehead atoms. The number of nitriles is 1. The minimum atomic E-state index is -0.488. The van der Waals surface area contributed by atoms with Gasteiger partial charge in [0.25, 0.3) is 5.91 Å². The van der Waals surface area contributed by atoms with E-state index in [1.165, 1.54) is 30.4 Å². The minimum Gasteiger partial charge on any atom is -0.508 e. The van der Waals surface area contributed by atoms with Crippen molar-refractivity contribution in [3.8, 4) is 17.6 Å². The van der Waals surface area contributed by atoms with E-state index in [-0.39, 0.29) is 17.1 Å². The first kappa shape index (κ1) is 16.8. The zero-order valence-electron chi connectivity index (χ0n) is 12.7. The number of hydrogen-bond acceptors (Lipinski definition) is 5. The number of nitrogens with zero attached hydrogens (tertiary/aromatic N) is 2. The monoisotopic (exact) mass is 321 g/mol. The molecule has 0 aliphatic carbocycles. The van der Waals surface area contributed by atoms with Gasteiger partial charge in [0.05, 0.1) is 0 Å². The van der Waals surface area contributed by atoms with Crippen LogP contribution >= 0.6 is 0 Å². The Labute approximate surface area is 139 Å². The van der Waals surface area contributed by atoms with Gasteiger partial charge in [0.2, 0.25) is 0 Å². The largest absolute Gasteiger partial charge is 0.508 e. The normalized spacial score (nSPS) is 11.2. The molecule has 1 aromatic carbocycles. The van der Waals surface area contributed by atoms with Crippen molar-refractivity contribution < 1.29 is 15.0 Å². The van der Waals surface area contributed by atoms with Crippen molar-refractivity contribution in [2.75, 3.05) is 0 Å². The second-order valence-electron chi connectivity index (χ2n) is 4.87. The van der Waals surface area contributed by atoms with Gasteiger partial charge in [-0.15, -0.1) is 0 Å². The highest BCUT2D eigenvalue weighted by atomic mass is 16.3. The van der Waals surface area contributed by atoms with Crippen molar-refractivity contribution in [3.05, 3.63) is 71.6 Å². The molecule has 0 unspecified atom stereocenters. The molecule has 0 atom stereocenters. The summed E-state index contributed by atoms with van der Waals surface area (Å²) >= 11 is 0. The molecule has 1 heterocycles. The van der Waals surface area contributed by atoms with E-state index < -0.39 is 5.91 Å². The van der Waals surface area contributed by atoms with Crippen LogP contribution in [0, 0.1) is 11.3 Å². The number of benzene rings is 1. The van der Waals surface area contributed by atoms with Gasteiger partial charge in [0.1, 0.15) is 23.1 Å². The van der Waals surface area contributed by atoms with Crippen LogP contribution in [0.4, 0.5) is 0 Å². The number of allylic oxidation sites excluding steroid dienone is 2. The molecule has 0 radical (unpaired) electrons. The van der Waals surface area contributed by atoms with Crippen molar-refractivity contribution in [3.63, 3.8) is 0 Å². The maximum Gasteiger partial charge on any atom is 0.262 e. The first-order valence-corrected chi connectivity index (χ1v) is 7.07. The minimum absolute atomic E-state index is 0.0512. The van der Waals surface area contributed by atoms with Gasteiger partial charge in [-0.1, -0.05) is 12.2 Å². The van der Waals surface area contributed by atoms with Crippen LogP contribution in [0.1, 0.15) is 11.1 Å². The third kappa shape index (κ3) is 5.00. The highest BCUT2D eigenvalue weighted by Crippen LogP contribution is 2.21. The highest BCUT2D eigenvalue weighted by Gasteiger charge is 2.07. The fourth-order valence-corrected chi connectivity index (χ4v) is 1.91. The maximum atomic E-state index is 12.0. The lowest BCUT2D eigenvalue weighted by molar-refractivity contribution is -0.117. The predicted octanol–water partition coefficient (Wildman–Crippen LogP) is 2.27. The summed E-state index contributed by atoms with van der Waals surface area (Å²) in [4.78, 5) is 15.9. The molecule has 24 heavy (non-hydrogen) atoms. The Morgan fingerprint density at radius 3 is 2.50 bits per heavy atom. The fraction of sp³-hybridized carbons (Fsp3) is 0.0556. The van der Waals surface area contributed by atoms with Crippen molar-refractivity contribution in [2.24, 2.45) is 0 Å². The Morgan fingerprint density at radius 2 is 1.88 bits per heavy atom. The average molecular weight is 321 g/mol. The molecular formula is C18H15N3O3. The first-order valence-electron chi connectivity index (χ1n) is 7.07. The number of carbonyl (C=O) groups excluding carboxylic acids is 1. The first-order chi connectivity index (χ1) is 11.6. The number of carbonyl (C=O) groups is 1. The number of phenols is 2. The summed E-state index contributed by atoms with van der Waals surface area (Å²) < 4.78 is 0. The Balaban J connectivity index is 2.01. The molecule has 2 aromatic rings. The third-order valence-electron chi connectivity index (χ3n) is 3.04. The fourth-order valence-electron chi connectivity index (χ4n) is 1.91. The number of amides is 1. The van der Waals surface area contributed by atoms with E-state index in [2.05, 4.69) is 10.3 Å². The molecule has 120 valence electrons. The number of nitrogens with one attached hydrogen (secondary N) is 1. The molecular weight excluding hydrogens is 306 g/mol. The van der Waals surface area contributed by atoms with Crippen LogP contribution < -0.4 is 5.32 Å². The number of aromatic nitrogens is 1. The van der Waals surface area contributed by atoms with Crippen LogP contribution in [0.15, 0.2) is 60.5 Å². The third-order valence-corrected chi connectivity index (χ3v) is 3.04. The molecule has 2 rings (SSSR count). The maximum absolute atomic E-state index is 12.0. The lowest BCUT2D eigenvalue weighted by atomic mass is 10.1. The summed E-state index contributed by atoms with van der Waals surface area (Å²) in [6, 6.07) is 9.47. The molecule has 0 spiro atoms. The molecule has 0 fully saturated rings. The van der Waals surface area contributed by atoms with Gasteiger partial charge in [-0.3, -0.25) is 9.78 Å². The van der Waals surface area contributed by atoms with E-state index in [1.807, 2.05) is 6.07 Å². The Hall–Kier alpha value is -3.59. The van der Waals surface area contributed by atoms with Gasteiger partial charge in [-0.2, -0.15) is 5.26 Å². The van der Waals surface area contributed by atoms with Crippen molar-refractivity contribution in [1.29, 1.82) is 5.26 Å². The average Bonchev–Trinajstić information content (AvgIpc) is 2.57. The lowest BCUT2D eigenvalue weighted by Crippen LogP contribution is -2.23. The predicted molar refractivity (Wildman–Crippen MR) is 88.6 cm³/mol. The summed E-state index contributed by atoms with van der Waals surface area (Å²) in [5, 5.41) is 30.5. The summed E-state index contributed by atoms with van der Waals surface area (Å²) in [6.45, 7) is 0.296. The Morgan fingerprint density at radius 1 is 1.21 bits per heavy atom. The van der Waals surface area contributed by atoms with Gasteiger partial charge in [-0.05, 0) is 41.5 Å². The van der Waals surface area contributed by atoms with Crippen LogP contribution in [0.5, 0.6) is 11.5 Å². The molecule has 1 amide bonds. The van der Waals surface area contributed by atoms with E-state index in [0.717, 1.165) is 5.56 Å². The van der Waals surface area contributed by atoms with E-state index >= 15 is 0 Å². The molecule has 0 saturated heterocycles. The number of rotatable bonds is 5. The van der Waals surface area contributed by atoms with Gasteiger partial charge in [0.15, 0.2) is 0 Å². The lowest BCUT2D eigenvalue weighted by Gasteiger charge is -2.03. The van der Waals surface area contributed by atoms with Crippen LogP contribution in [0.3, 0.4) is 0 Å². The molecule has 6 nitrogen and oxygen atoms in total. The standard InChI is InChI=1S/C18H15N3O3/c19-11-15(18(24)21-12-13-4-6-20-7-5-13)3-1-2-14-8-16(22)10-17(23)9-14/h1-10,22-23H,12H2,(H,21,24)/b2-1+,15-3+. The zero-order valence-corrected chi connectivity index (χ0v) is 12.7. The molecule has 6 heteroatoms. The van der Waals surface area contributed by atoms with Crippen LogP contribution in [0.2, 0.25) is 0 Å². The van der Waals surface area contributed by atoms with E-state index in [1.54, 1.807) is 30.6 Å². The topological polar surface area (TPSA) is 106 Å². The SMILES string of the molecule is N#C/C(=C\C=C\c1cc(O)cc(O)c1)C(=O)NCc1ccncc1. The van der Waals surface area contributed by atoms with Crippen LogP contribution in [-0.4, -0.2) is 21.1 Å². The van der Waals surface area contributed by atoms with Gasteiger partial charge in [-0.25, -0.2) is 0 Å². The molecule has 0 aliphatic heterocycles. The Kier molecular flexibility index (Phi) is 5.70. The summed E-state index contributed by atoms with van der Waals surface area (Å²) in [5.74, 6) is -0.638. The quantitative estimate of drug-likeness (QED) is 0.445. The van der Waals surface area contributed by atoms with Crippen LogP contribution in [0.25, 0.3) is 6.08 Å². The molecule has 0 saturated carbocycles. The van der Waals surface area contributed by atoms with E-state index in [4.69, 9.17) is 5.26 Å². The van der Waals surface area contributed by atoms with Crippen molar-refractivity contribution >= 4 is 12.0 Å². The number of phenolic OH excluding ortho intramolecular Hbond substituents is 2. The van der Waals surface area contributed by atoms with Gasteiger partial charge in [0, 0.05) is 25.0 Å². The smallest absolute Gasteiger partial charge is 0.262 e. The summed E-state index contributed by atoms with van der Waals surface area (Å²) in [5.41, 5.74) is 1.37. The molecule has 1 aromatic heterocycles. The number of pyridine rings is 1. The number of aromatic hydroxyl groups is 2. The van der Waals surface area contributed by atoms with E-state index in [0.29, 0.717) is 12.1 Å². The summed E-state index contributed by atoms with van der Waals surface area (Å²) in [7, 11) is 0. The van der Waals surface area contributed by atoms with Crippen molar-refractivity contribution in [2.45, 2.75) is 6.54 Å². The zero-order chi connectivity index (χ0) is 17.4. The van der Waals surface area contributed by atoms with Crippen LogP contribution in [-0.2, 0) is 11.3 Å². The van der Waals surface area contributed by atoms with Crippen molar-refractivity contribution in [1.82, 2.24) is 10.3 Å². The summed E-state index contributed by atoms with van der Waals surface area (Å²) in [6.07, 6.45) is 7.67. The second kappa shape index (κ2) is 8.15. The highest BCUT2D eigenvalue weighted by molar-refractivity contribution is 5.97.